The van der Waals surface area contributed by atoms with Gasteiger partial charge in [0.25, 0.3) is 0 Å². The molecule has 3 aliphatic heterocycles. The molecule has 0 saturated carbocycles. The molecule has 3 saturated heterocycles. The van der Waals surface area contributed by atoms with Gasteiger partial charge in [0.2, 0.25) is 11.8 Å². The molecule has 1 unspecified atom stereocenters. The van der Waals surface area contributed by atoms with E-state index in [1.54, 1.807) is 35.2 Å². The largest absolute Gasteiger partial charge is 0.465 e. The average Bonchev–Trinajstić information content (AvgIpc) is 2.82. The molecule has 5 amide bonds. The third-order valence-corrected chi connectivity index (χ3v) is 7.59. The van der Waals surface area contributed by atoms with E-state index in [0.29, 0.717) is 5.69 Å². The number of nitrogens with one attached hydrogen (secondary N) is 1. The molecule has 2 N–H and O–H groups in total. The highest BCUT2D eigenvalue weighted by Crippen LogP contribution is 2.34. The van der Waals surface area contributed by atoms with E-state index in [2.05, 4.69) is 10.3 Å². The highest BCUT2D eigenvalue weighted by Gasteiger charge is 2.45. The van der Waals surface area contributed by atoms with Gasteiger partial charge < -0.3 is 14.9 Å². The summed E-state index contributed by atoms with van der Waals surface area (Å²) in [6, 6.07) is 4.77. The van der Waals surface area contributed by atoms with Crippen molar-refractivity contribution in [2.75, 3.05) is 43.0 Å². The van der Waals surface area contributed by atoms with E-state index in [4.69, 9.17) is 0 Å². The quantitative estimate of drug-likeness (QED) is 0.556. The number of amides is 5. The number of pyridine rings is 1. The number of imide groups is 1. The second kappa shape index (κ2) is 10.1. The van der Waals surface area contributed by atoms with E-state index in [1.807, 2.05) is 6.92 Å². The molecule has 0 radical (unpaired) electrons. The molecular formula is C26H28F2N6O5. The Kier molecular flexibility index (Phi) is 6.83. The number of carbonyl (C=O) groups excluding carboxylic acids is 3. The summed E-state index contributed by atoms with van der Waals surface area (Å²) in [7, 11) is 1.63. The summed E-state index contributed by atoms with van der Waals surface area (Å²) in [6.07, 6.45) is 0.494. The van der Waals surface area contributed by atoms with Gasteiger partial charge in [-0.1, -0.05) is 0 Å². The number of likely N-dealkylation sites (tertiary alicyclic amines) is 1. The number of hydrogen-bond donors (Lipinski definition) is 2. The molecular weight excluding hydrogens is 514 g/mol. The van der Waals surface area contributed by atoms with Crippen molar-refractivity contribution in [3.8, 4) is 0 Å². The maximum Gasteiger partial charge on any atom is 0.408 e. The summed E-state index contributed by atoms with van der Waals surface area (Å²) in [5.41, 5.74) is 1.31. The van der Waals surface area contributed by atoms with Crippen molar-refractivity contribution in [1.29, 1.82) is 0 Å². The fraction of sp³-hybridized carbons (Fsp3) is 0.423. The SMILES string of the molecule is Cc1ccc(N(C)C(=O)N2CC(N(C(=O)O)C3CN(c4cc(F)c(C5CCC(=O)NC5=O)c(F)c4)C3)C2)cn1. The van der Waals surface area contributed by atoms with Crippen molar-refractivity contribution in [2.24, 2.45) is 0 Å². The second-order valence-electron chi connectivity index (χ2n) is 10.1. The summed E-state index contributed by atoms with van der Waals surface area (Å²) < 4.78 is 29.8. The summed E-state index contributed by atoms with van der Waals surface area (Å²) >= 11 is 0. The maximum absolute atomic E-state index is 14.9. The number of halogens is 2. The van der Waals surface area contributed by atoms with Gasteiger partial charge in [-0.05, 0) is 37.6 Å². The zero-order valence-corrected chi connectivity index (χ0v) is 21.4. The van der Waals surface area contributed by atoms with Crippen LogP contribution in [-0.4, -0.2) is 89.1 Å². The number of rotatable bonds is 5. The molecule has 1 aromatic heterocycles. The fourth-order valence-corrected chi connectivity index (χ4v) is 5.28. The van der Waals surface area contributed by atoms with Crippen LogP contribution in [0.15, 0.2) is 30.5 Å². The first kappa shape index (κ1) is 26.3. The third-order valence-electron chi connectivity index (χ3n) is 7.59. The third kappa shape index (κ3) is 4.95. The van der Waals surface area contributed by atoms with Crippen molar-refractivity contribution in [2.45, 2.75) is 37.8 Å². The minimum atomic E-state index is -1.13. The molecule has 1 atom stereocenters. The van der Waals surface area contributed by atoms with Gasteiger partial charge >= 0.3 is 12.1 Å². The lowest BCUT2D eigenvalue weighted by molar-refractivity contribution is -0.134. The molecule has 13 heteroatoms. The molecule has 39 heavy (non-hydrogen) atoms. The van der Waals surface area contributed by atoms with Crippen LogP contribution in [0.5, 0.6) is 0 Å². The van der Waals surface area contributed by atoms with Gasteiger partial charge in [-0.3, -0.25) is 29.7 Å². The van der Waals surface area contributed by atoms with E-state index in [-0.39, 0.29) is 56.3 Å². The van der Waals surface area contributed by atoms with Gasteiger partial charge in [0.05, 0.1) is 29.9 Å². The molecule has 0 aliphatic carbocycles. The molecule has 2 aromatic rings. The number of carboxylic acid groups (broad SMARTS) is 1. The summed E-state index contributed by atoms with van der Waals surface area (Å²) in [5.74, 6) is -4.07. The monoisotopic (exact) mass is 542 g/mol. The number of carbonyl (C=O) groups is 4. The van der Waals surface area contributed by atoms with Crippen LogP contribution in [-0.2, 0) is 9.59 Å². The van der Waals surface area contributed by atoms with Gasteiger partial charge in [-0.15, -0.1) is 0 Å². The van der Waals surface area contributed by atoms with Crippen LogP contribution in [0.1, 0.15) is 30.0 Å². The molecule has 0 bridgehead atoms. The Labute approximate surface area is 223 Å². The lowest BCUT2D eigenvalue weighted by Gasteiger charge is -2.52. The number of hydrogen-bond acceptors (Lipinski definition) is 6. The van der Waals surface area contributed by atoms with Crippen molar-refractivity contribution < 1.29 is 33.1 Å². The zero-order chi connectivity index (χ0) is 28.0. The van der Waals surface area contributed by atoms with Crippen LogP contribution in [0.4, 0.5) is 29.7 Å². The zero-order valence-electron chi connectivity index (χ0n) is 21.4. The minimum Gasteiger partial charge on any atom is -0.465 e. The van der Waals surface area contributed by atoms with Crippen LogP contribution in [0.3, 0.4) is 0 Å². The molecule has 0 spiro atoms. The number of piperidine rings is 1. The Morgan fingerprint density at radius 2 is 1.72 bits per heavy atom. The summed E-state index contributed by atoms with van der Waals surface area (Å²) in [5, 5.41) is 12.0. The standard InChI is InChI=1S/C26H28F2N6O5/c1-14-3-4-15(9-29-14)31(2)25(37)33-12-18(13-33)34(26(38)39)17-10-32(11-17)16-7-20(27)23(21(28)8-16)19-5-6-22(35)30-24(19)36/h3-4,7-9,17-19H,5-6,10-13H2,1-2H3,(H,38,39)(H,30,35,36). The first-order valence-corrected chi connectivity index (χ1v) is 12.6. The van der Waals surface area contributed by atoms with E-state index in [9.17, 15) is 33.1 Å². The number of urea groups is 1. The Hall–Kier alpha value is -4.29. The number of aryl methyl sites for hydroxylation is 1. The van der Waals surface area contributed by atoms with Crippen LogP contribution in [0.25, 0.3) is 0 Å². The van der Waals surface area contributed by atoms with Gasteiger partial charge in [-0.2, -0.15) is 0 Å². The van der Waals surface area contributed by atoms with E-state index >= 15 is 0 Å². The summed E-state index contributed by atoms with van der Waals surface area (Å²) in [4.78, 5) is 58.5. The van der Waals surface area contributed by atoms with Crippen molar-refractivity contribution in [3.63, 3.8) is 0 Å². The normalized spacial score (nSPS) is 19.7. The summed E-state index contributed by atoms with van der Waals surface area (Å²) in [6.45, 7) is 2.76. The highest BCUT2D eigenvalue weighted by atomic mass is 19.1. The van der Waals surface area contributed by atoms with Gasteiger partial charge in [0, 0.05) is 56.6 Å². The number of nitrogens with zero attached hydrogens (tertiary/aromatic N) is 5. The lowest BCUT2D eigenvalue weighted by atomic mass is 9.89. The molecule has 11 nitrogen and oxygen atoms in total. The van der Waals surface area contributed by atoms with Crippen molar-refractivity contribution >= 4 is 35.3 Å². The van der Waals surface area contributed by atoms with Crippen LogP contribution in [0, 0.1) is 18.6 Å². The Morgan fingerprint density at radius 3 is 2.28 bits per heavy atom. The van der Waals surface area contributed by atoms with Crippen molar-refractivity contribution in [1.82, 2.24) is 20.1 Å². The molecule has 3 fully saturated rings. The maximum atomic E-state index is 14.9. The van der Waals surface area contributed by atoms with Gasteiger partial charge in [0.15, 0.2) is 0 Å². The van der Waals surface area contributed by atoms with Crippen LogP contribution < -0.4 is 15.1 Å². The lowest BCUT2D eigenvalue weighted by Crippen LogP contribution is -2.71. The Bertz CT molecular complexity index is 1300. The highest BCUT2D eigenvalue weighted by molar-refractivity contribution is 6.01. The van der Waals surface area contributed by atoms with Crippen molar-refractivity contribution in [3.05, 3.63) is 53.4 Å². The van der Waals surface area contributed by atoms with E-state index in [0.717, 1.165) is 17.8 Å². The smallest absolute Gasteiger partial charge is 0.408 e. The van der Waals surface area contributed by atoms with Gasteiger partial charge in [0.1, 0.15) is 11.6 Å². The van der Waals surface area contributed by atoms with E-state index in [1.165, 1.54) is 9.80 Å². The predicted molar refractivity (Wildman–Crippen MR) is 135 cm³/mol. The number of anilines is 2. The fourth-order valence-electron chi connectivity index (χ4n) is 5.28. The Balaban J connectivity index is 1.19. The van der Waals surface area contributed by atoms with Crippen LogP contribution in [0.2, 0.25) is 0 Å². The minimum absolute atomic E-state index is 0.000490. The van der Waals surface area contributed by atoms with Crippen LogP contribution >= 0.6 is 0 Å². The first-order chi connectivity index (χ1) is 18.5. The first-order valence-electron chi connectivity index (χ1n) is 12.6. The molecule has 1 aromatic carbocycles. The Morgan fingerprint density at radius 1 is 1.08 bits per heavy atom. The number of benzene rings is 1. The molecule has 206 valence electrons. The van der Waals surface area contributed by atoms with E-state index < -0.39 is 47.5 Å². The van der Waals surface area contributed by atoms with Gasteiger partial charge in [-0.25, -0.2) is 18.4 Å². The predicted octanol–water partition coefficient (Wildman–Crippen LogP) is 2.30. The topological polar surface area (TPSA) is 126 Å². The molecule has 3 aliphatic rings. The average molecular weight is 543 g/mol. The second-order valence-corrected chi connectivity index (χ2v) is 10.1. The number of aromatic nitrogens is 1. The molecule has 4 heterocycles. The molecule has 5 rings (SSSR count).